The Bertz CT molecular complexity index is 878. The highest BCUT2D eigenvalue weighted by molar-refractivity contribution is 5.84. The molecule has 0 bridgehead atoms. The van der Waals surface area contributed by atoms with E-state index in [2.05, 4.69) is 10.3 Å². The zero-order chi connectivity index (χ0) is 23.1. The van der Waals surface area contributed by atoms with E-state index in [1.807, 2.05) is 45.6 Å². The van der Waals surface area contributed by atoms with E-state index in [0.717, 1.165) is 49.1 Å². The minimum Gasteiger partial charge on any atom is -0.489 e. The highest BCUT2D eigenvalue weighted by Gasteiger charge is 2.56. The number of amides is 2. The Morgan fingerprint density at radius 1 is 1.31 bits per heavy atom. The molecule has 1 aromatic rings. The summed E-state index contributed by atoms with van der Waals surface area (Å²) in [5.74, 6) is 1.33. The van der Waals surface area contributed by atoms with Gasteiger partial charge in [0.25, 0.3) is 0 Å². The fraction of sp³-hybridized carbons (Fsp3) is 0.720. The number of fused-ring (bicyclic) bond motifs is 2. The number of rotatable bonds is 4. The van der Waals surface area contributed by atoms with E-state index in [-0.39, 0.29) is 29.6 Å². The number of hydrogen-bond donors (Lipinski definition) is 1. The Morgan fingerprint density at radius 3 is 2.81 bits per heavy atom. The topological polar surface area (TPSA) is 80.8 Å². The summed E-state index contributed by atoms with van der Waals surface area (Å²) >= 11 is 0. The van der Waals surface area contributed by atoms with Crippen LogP contribution in [-0.2, 0) is 22.5 Å². The number of hydrogen-bond acceptors (Lipinski definition) is 5. The van der Waals surface area contributed by atoms with Gasteiger partial charge in [-0.3, -0.25) is 9.78 Å². The summed E-state index contributed by atoms with van der Waals surface area (Å²) < 4.78 is 11.3. The molecule has 2 amide bonds. The monoisotopic (exact) mass is 443 g/mol. The van der Waals surface area contributed by atoms with Gasteiger partial charge in [0.1, 0.15) is 11.4 Å². The van der Waals surface area contributed by atoms with Crippen LogP contribution in [-0.4, -0.2) is 46.2 Å². The van der Waals surface area contributed by atoms with Gasteiger partial charge in [-0.15, -0.1) is 0 Å². The fourth-order valence-corrected chi connectivity index (χ4v) is 5.81. The first-order valence-corrected chi connectivity index (χ1v) is 12.0. The molecule has 3 aliphatic rings. The summed E-state index contributed by atoms with van der Waals surface area (Å²) in [6.45, 7) is 10.9. The van der Waals surface area contributed by atoms with E-state index in [9.17, 15) is 9.59 Å². The van der Waals surface area contributed by atoms with Crippen LogP contribution in [0.1, 0.15) is 78.0 Å². The number of ether oxygens (including phenoxy) is 2. The van der Waals surface area contributed by atoms with E-state index >= 15 is 0 Å². The molecule has 2 heterocycles. The minimum atomic E-state index is -0.528. The number of alkyl carbamates (subject to hydrolysis) is 1. The van der Waals surface area contributed by atoms with E-state index in [1.54, 1.807) is 6.20 Å². The average Bonchev–Trinajstić information content (AvgIpc) is 3.22. The lowest BCUT2D eigenvalue weighted by Gasteiger charge is -2.37. The Kier molecular flexibility index (Phi) is 6.12. The van der Waals surface area contributed by atoms with Crippen LogP contribution in [0.5, 0.6) is 5.75 Å². The Hall–Kier alpha value is -2.31. The van der Waals surface area contributed by atoms with Crippen molar-refractivity contribution in [3.63, 3.8) is 0 Å². The van der Waals surface area contributed by atoms with Crippen LogP contribution in [0.4, 0.5) is 4.79 Å². The van der Waals surface area contributed by atoms with Crippen molar-refractivity contribution < 1.29 is 19.1 Å². The van der Waals surface area contributed by atoms with Gasteiger partial charge in [0, 0.05) is 31.2 Å². The van der Waals surface area contributed by atoms with Gasteiger partial charge in [0.15, 0.2) is 0 Å². The standard InChI is InChI=1S/C25H37N3O4/c1-16(2)31-20-11-17-15-28(10-8-21(17)26-14-20)22(29)25-9-6-7-18(25)12-19(13-25)27-23(30)32-24(3,4)5/h11,14,16,18-19H,6-10,12-13,15H2,1-5H3,(H,27,30)/t18-,19-,25-/m1/s1. The molecular weight excluding hydrogens is 406 g/mol. The summed E-state index contributed by atoms with van der Waals surface area (Å²) in [4.78, 5) is 32.8. The quantitative estimate of drug-likeness (QED) is 0.753. The second-order valence-corrected chi connectivity index (χ2v) is 10.9. The van der Waals surface area contributed by atoms with Crippen LogP contribution >= 0.6 is 0 Å². The average molecular weight is 444 g/mol. The number of nitrogens with zero attached hydrogens (tertiary/aromatic N) is 2. The summed E-state index contributed by atoms with van der Waals surface area (Å²) in [6, 6.07) is 2.02. The molecule has 1 aliphatic heterocycles. The van der Waals surface area contributed by atoms with Gasteiger partial charge in [-0.2, -0.15) is 0 Å². The van der Waals surface area contributed by atoms with Crippen LogP contribution in [0.25, 0.3) is 0 Å². The van der Waals surface area contributed by atoms with E-state index in [1.165, 1.54) is 0 Å². The number of aromatic nitrogens is 1. The minimum absolute atomic E-state index is 0.0103. The number of carbonyl (C=O) groups excluding carboxylic acids is 2. The third-order valence-electron chi connectivity index (χ3n) is 6.96. The van der Waals surface area contributed by atoms with Crippen LogP contribution < -0.4 is 10.1 Å². The molecule has 32 heavy (non-hydrogen) atoms. The summed E-state index contributed by atoms with van der Waals surface area (Å²) in [7, 11) is 0. The van der Waals surface area contributed by atoms with Gasteiger partial charge in [-0.05, 0) is 77.8 Å². The molecule has 176 valence electrons. The predicted octanol–water partition coefficient (Wildman–Crippen LogP) is 4.23. The Morgan fingerprint density at radius 2 is 2.09 bits per heavy atom. The molecule has 0 radical (unpaired) electrons. The zero-order valence-corrected chi connectivity index (χ0v) is 20.1. The lowest BCUT2D eigenvalue weighted by molar-refractivity contribution is -0.144. The van der Waals surface area contributed by atoms with Crippen LogP contribution in [0.3, 0.4) is 0 Å². The van der Waals surface area contributed by atoms with Crippen molar-refractivity contribution in [2.24, 2.45) is 11.3 Å². The lowest BCUT2D eigenvalue weighted by Crippen LogP contribution is -2.47. The van der Waals surface area contributed by atoms with Gasteiger partial charge in [-0.1, -0.05) is 6.42 Å². The Balaban J connectivity index is 1.46. The van der Waals surface area contributed by atoms with E-state index in [0.29, 0.717) is 25.4 Å². The maximum absolute atomic E-state index is 13.9. The first-order chi connectivity index (χ1) is 15.1. The zero-order valence-electron chi connectivity index (χ0n) is 20.1. The first kappa shape index (κ1) is 22.9. The Labute approximate surface area is 191 Å². The molecule has 3 atom stereocenters. The maximum atomic E-state index is 13.9. The van der Waals surface area contributed by atoms with Crippen LogP contribution in [0.2, 0.25) is 0 Å². The summed E-state index contributed by atoms with van der Waals surface area (Å²) in [5.41, 5.74) is 1.24. The van der Waals surface area contributed by atoms with Crippen molar-refractivity contribution in [3.05, 3.63) is 23.5 Å². The number of carbonyl (C=O) groups is 2. The van der Waals surface area contributed by atoms with Gasteiger partial charge < -0.3 is 19.7 Å². The van der Waals surface area contributed by atoms with Crippen molar-refractivity contribution in [1.29, 1.82) is 0 Å². The molecule has 1 N–H and O–H groups in total. The van der Waals surface area contributed by atoms with Gasteiger partial charge in [-0.25, -0.2) is 4.79 Å². The molecule has 1 aromatic heterocycles. The lowest BCUT2D eigenvalue weighted by atomic mass is 9.78. The number of pyridine rings is 1. The van der Waals surface area contributed by atoms with Crippen molar-refractivity contribution in [3.8, 4) is 5.75 Å². The van der Waals surface area contributed by atoms with Gasteiger partial charge in [0.05, 0.1) is 17.7 Å². The van der Waals surface area contributed by atoms with Crippen LogP contribution in [0, 0.1) is 11.3 Å². The fourth-order valence-electron chi connectivity index (χ4n) is 5.81. The molecule has 0 unspecified atom stereocenters. The van der Waals surface area contributed by atoms with E-state index in [4.69, 9.17) is 9.47 Å². The molecular formula is C25H37N3O4. The molecule has 0 aromatic carbocycles. The van der Waals surface area contributed by atoms with Crippen molar-refractivity contribution >= 4 is 12.0 Å². The molecule has 0 saturated heterocycles. The first-order valence-electron chi connectivity index (χ1n) is 12.0. The predicted molar refractivity (Wildman–Crippen MR) is 121 cm³/mol. The van der Waals surface area contributed by atoms with Gasteiger partial charge in [0.2, 0.25) is 5.91 Å². The third-order valence-corrected chi connectivity index (χ3v) is 6.96. The molecule has 7 nitrogen and oxygen atoms in total. The molecule has 4 rings (SSSR count). The van der Waals surface area contributed by atoms with Crippen molar-refractivity contribution in [2.75, 3.05) is 6.54 Å². The van der Waals surface area contributed by atoms with Crippen LogP contribution in [0.15, 0.2) is 12.3 Å². The van der Waals surface area contributed by atoms with E-state index < -0.39 is 5.60 Å². The van der Waals surface area contributed by atoms with Crippen molar-refractivity contribution in [2.45, 2.75) is 97.4 Å². The second-order valence-electron chi connectivity index (χ2n) is 10.9. The molecule has 7 heteroatoms. The molecule has 0 spiro atoms. The summed E-state index contributed by atoms with van der Waals surface area (Å²) in [5, 5.41) is 3.03. The van der Waals surface area contributed by atoms with Gasteiger partial charge >= 0.3 is 6.09 Å². The number of nitrogens with one attached hydrogen (secondary N) is 1. The van der Waals surface area contributed by atoms with Crippen molar-refractivity contribution in [1.82, 2.24) is 15.2 Å². The normalized spacial score (nSPS) is 27.1. The molecule has 2 aliphatic carbocycles. The largest absolute Gasteiger partial charge is 0.489 e. The molecule has 2 fully saturated rings. The smallest absolute Gasteiger partial charge is 0.407 e. The molecule has 2 saturated carbocycles. The summed E-state index contributed by atoms with van der Waals surface area (Å²) in [6.07, 6.45) is 6.83. The maximum Gasteiger partial charge on any atom is 0.407 e. The third kappa shape index (κ3) is 4.71. The highest BCUT2D eigenvalue weighted by atomic mass is 16.6. The second kappa shape index (κ2) is 8.56. The SMILES string of the molecule is CC(C)Oc1cnc2c(c1)CN(C(=O)[C@@]13CCC[C@@H]1C[C@@H](NC(=O)OC(C)(C)C)C3)CC2. The highest BCUT2D eigenvalue weighted by Crippen LogP contribution is 2.55.